The molecule has 15 heteroatoms. The Bertz CT molecular complexity index is 1680. The van der Waals surface area contributed by atoms with Gasteiger partial charge in [-0.2, -0.15) is 0 Å². The lowest BCUT2D eigenvalue weighted by atomic mass is 9.65. The topological polar surface area (TPSA) is 199 Å². The van der Waals surface area contributed by atoms with Gasteiger partial charge in [-0.25, -0.2) is 4.79 Å². The fourth-order valence-corrected chi connectivity index (χ4v) is 8.21. The third-order valence-electron chi connectivity index (χ3n) is 10.8. The number of allylic oxidation sites excluding steroid dienone is 3. The van der Waals surface area contributed by atoms with Gasteiger partial charge in [-0.05, 0) is 67.2 Å². The number of benzene rings is 1. The van der Waals surface area contributed by atoms with E-state index in [1.165, 1.54) is 5.57 Å². The number of aliphatic hydroxyl groups excluding tert-OH is 1. The second kappa shape index (κ2) is 17.7. The highest BCUT2D eigenvalue weighted by atomic mass is 16.6. The quantitative estimate of drug-likeness (QED) is 0.116. The molecule has 54 heavy (non-hydrogen) atoms. The van der Waals surface area contributed by atoms with Crippen LogP contribution in [0.1, 0.15) is 79.5 Å². The Kier molecular flexibility index (Phi) is 12.8. The van der Waals surface area contributed by atoms with E-state index in [9.17, 15) is 33.9 Å². The van der Waals surface area contributed by atoms with Crippen molar-refractivity contribution in [3.8, 4) is 0 Å². The van der Waals surface area contributed by atoms with Crippen LogP contribution in [0.5, 0.6) is 0 Å². The summed E-state index contributed by atoms with van der Waals surface area (Å²) < 4.78 is 22.8. The van der Waals surface area contributed by atoms with Crippen molar-refractivity contribution in [3.05, 3.63) is 53.1 Å². The second-order valence-electron chi connectivity index (χ2n) is 14.8. The minimum absolute atomic E-state index is 0.0313. The molecule has 2 fully saturated rings. The molecule has 0 radical (unpaired) electrons. The molecule has 2 aliphatic carbocycles. The molecule has 6 rings (SSSR count). The van der Waals surface area contributed by atoms with Crippen molar-refractivity contribution < 1.29 is 52.8 Å². The second-order valence-corrected chi connectivity index (χ2v) is 14.8. The van der Waals surface area contributed by atoms with Gasteiger partial charge in [-0.3, -0.25) is 34.2 Å². The molecule has 1 aromatic rings. The molecule has 5 amide bonds. The van der Waals surface area contributed by atoms with Crippen molar-refractivity contribution in [1.29, 1.82) is 0 Å². The van der Waals surface area contributed by atoms with Crippen LogP contribution in [0.4, 0.5) is 10.5 Å². The summed E-state index contributed by atoms with van der Waals surface area (Å²) in [7, 11) is 0. The minimum atomic E-state index is -1.01. The molecule has 4 N–H and O–H groups in total. The number of alkyl carbamates (subject to hydrolysis) is 1. The van der Waals surface area contributed by atoms with Gasteiger partial charge in [0.1, 0.15) is 18.2 Å². The standard InChI is InChI=1S/C39H50N4O11/c1-22-17-24-4-3-23(2)28(8-6-27-20-26(44)21-34(46)53-27)35(24)32(18-22)54-39(50)41-12-14-52-16-15-51-13-11-40-25-5-7-29-30(19-25)38(49)43(37(29)48)31-9-10-33(45)42-36(31)47/h3-5,7,17,19,22-23,26-28,31-32,35,40,44H,6,8-16,18,20-21H2,1-2H3,(H,41,50)(H,42,45,47)/t22-,23-,26+,27+,28-,31?,32-,35-/m0/s1. The van der Waals surface area contributed by atoms with Crippen LogP contribution < -0.4 is 16.0 Å². The Morgan fingerprint density at radius 3 is 2.50 bits per heavy atom. The molecule has 0 spiro atoms. The molecule has 2 saturated heterocycles. The normalized spacial score (nSPS) is 29.2. The smallest absolute Gasteiger partial charge is 0.407 e. The maximum Gasteiger partial charge on any atom is 0.407 e. The first kappa shape index (κ1) is 39.1. The van der Waals surface area contributed by atoms with E-state index in [1.54, 1.807) is 18.2 Å². The Balaban J connectivity index is 0.862. The van der Waals surface area contributed by atoms with Gasteiger partial charge >= 0.3 is 12.1 Å². The number of nitrogens with zero attached hydrogens (tertiary/aromatic N) is 1. The van der Waals surface area contributed by atoms with E-state index in [4.69, 9.17) is 18.9 Å². The number of carbonyl (C=O) groups is 6. The predicted molar refractivity (Wildman–Crippen MR) is 193 cm³/mol. The summed E-state index contributed by atoms with van der Waals surface area (Å²) in [5.41, 5.74) is 2.20. The number of anilines is 1. The molecular weight excluding hydrogens is 700 g/mol. The van der Waals surface area contributed by atoms with Crippen molar-refractivity contribution in [1.82, 2.24) is 15.5 Å². The summed E-state index contributed by atoms with van der Waals surface area (Å²) in [6, 6.07) is 3.78. The zero-order chi connectivity index (χ0) is 38.4. The Morgan fingerprint density at radius 2 is 1.74 bits per heavy atom. The molecule has 1 unspecified atom stereocenters. The first-order chi connectivity index (χ1) is 26.0. The van der Waals surface area contributed by atoms with Crippen LogP contribution in [-0.2, 0) is 33.3 Å². The maximum absolute atomic E-state index is 13.0. The van der Waals surface area contributed by atoms with E-state index in [1.807, 2.05) is 0 Å². The van der Waals surface area contributed by atoms with Crippen LogP contribution in [0.25, 0.3) is 0 Å². The van der Waals surface area contributed by atoms with Gasteiger partial charge in [-0.1, -0.05) is 32.1 Å². The number of aliphatic hydroxyl groups is 1. The largest absolute Gasteiger partial charge is 0.462 e. The molecule has 8 atom stereocenters. The molecule has 5 aliphatic rings. The van der Waals surface area contributed by atoms with E-state index in [-0.39, 0.29) is 85.4 Å². The summed E-state index contributed by atoms with van der Waals surface area (Å²) in [6.45, 7) is 6.24. The third-order valence-corrected chi connectivity index (χ3v) is 10.8. The van der Waals surface area contributed by atoms with Crippen molar-refractivity contribution in [2.45, 2.75) is 83.1 Å². The van der Waals surface area contributed by atoms with Crippen molar-refractivity contribution in [2.24, 2.45) is 23.7 Å². The number of ether oxygens (including phenoxy) is 4. The summed E-state index contributed by atoms with van der Waals surface area (Å²) in [5, 5.41) is 18.2. The van der Waals surface area contributed by atoms with Crippen molar-refractivity contribution >= 4 is 41.4 Å². The zero-order valence-electron chi connectivity index (χ0n) is 30.8. The van der Waals surface area contributed by atoms with E-state index < -0.39 is 41.9 Å². The number of hydrogen-bond donors (Lipinski definition) is 4. The zero-order valence-corrected chi connectivity index (χ0v) is 30.8. The number of hydrogen-bond acceptors (Lipinski definition) is 12. The fraction of sp³-hybridized carbons (Fsp3) is 0.590. The van der Waals surface area contributed by atoms with Gasteiger partial charge in [0.15, 0.2) is 0 Å². The van der Waals surface area contributed by atoms with Crippen LogP contribution in [0.3, 0.4) is 0 Å². The fourth-order valence-electron chi connectivity index (χ4n) is 8.21. The summed E-state index contributed by atoms with van der Waals surface area (Å²) in [6.07, 6.45) is 7.63. The number of amides is 5. The number of esters is 1. The number of carbonyl (C=O) groups excluding carboxylic acids is 6. The van der Waals surface area contributed by atoms with E-state index >= 15 is 0 Å². The SMILES string of the molecule is C[C@H]1C=C2C=C[C@H](C)[C@H](CC[C@@H]3C[C@@H](O)CC(=O)O3)[C@H]2[C@@H](OC(=O)NCCOCCOCCNc2ccc3c(c2)C(=O)N(C2CCC(=O)NC2=O)C3=O)C1. The summed E-state index contributed by atoms with van der Waals surface area (Å²) in [4.78, 5) is 75.4. The van der Waals surface area contributed by atoms with Gasteiger partial charge in [-0.15, -0.1) is 0 Å². The first-order valence-electron chi connectivity index (χ1n) is 19.0. The molecule has 15 nitrogen and oxygen atoms in total. The summed E-state index contributed by atoms with van der Waals surface area (Å²) in [5.74, 6) is -1.82. The average molecular weight is 751 g/mol. The van der Waals surface area contributed by atoms with E-state index in [2.05, 4.69) is 48.0 Å². The van der Waals surface area contributed by atoms with Crippen molar-refractivity contribution in [2.75, 3.05) is 44.8 Å². The van der Waals surface area contributed by atoms with Crippen LogP contribution >= 0.6 is 0 Å². The predicted octanol–water partition coefficient (Wildman–Crippen LogP) is 2.88. The Hall–Kier alpha value is -4.60. The molecule has 3 heterocycles. The minimum Gasteiger partial charge on any atom is -0.462 e. The molecule has 0 aromatic heterocycles. The van der Waals surface area contributed by atoms with Gasteiger partial charge in [0, 0.05) is 37.5 Å². The maximum atomic E-state index is 13.0. The van der Waals surface area contributed by atoms with Crippen LogP contribution in [0.15, 0.2) is 42.0 Å². The lowest BCUT2D eigenvalue weighted by Crippen LogP contribution is -2.54. The lowest BCUT2D eigenvalue weighted by Gasteiger charge is -2.43. The van der Waals surface area contributed by atoms with Gasteiger partial charge in [0.2, 0.25) is 11.8 Å². The molecule has 292 valence electrons. The van der Waals surface area contributed by atoms with Gasteiger partial charge in [0.25, 0.3) is 11.8 Å². The Morgan fingerprint density at radius 1 is 0.981 bits per heavy atom. The Labute approximate surface area is 314 Å². The highest BCUT2D eigenvalue weighted by Gasteiger charge is 2.45. The summed E-state index contributed by atoms with van der Waals surface area (Å²) >= 11 is 0. The van der Waals surface area contributed by atoms with Crippen LogP contribution in [0.2, 0.25) is 0 Å². The number of imide groups is 2. The number of rotatable bonds is 15. The van der Waals surface area contributed by atoms with E-state index in [0.29, 0.717) is 51.3 Å². The molecule has 0 saturated carbocycles. The number of piperidine rings is 1. The highest BCUT2D eigenvalue weighted by molar-refractivity contribution is 6.23. The lowest BCUT2D eigenvalue weighted by molar-refractivity contribution is -0.160. The number of nitrogens with one attached hydrogen (secondary N) is 3. The molecule has 3 aliphatic heterocycles. The van der Waals surface area contributed by atoms with Crippen LogP contribution in [0, 0.1) is 23.7 Å². The monoisotopic (exact) mass is 750 g/mol. The molecule has 1 aromatic carbocycles. The first-order valence-corrected chi connectivity index (χ1v) is 19.0. The molecular formula is C39H50N4O11. The number of cyclic esters (lactones) is 1. The van der Waals surface area contributed by atoms with Gasteiger partial charge in [0.05, 0.1) is 50.1 Å². The highest BCUT2D eigenvalue weighted by Crippen LogP contribution is 2.45. The van der Waals surface area contributed by atoms with Gasteiger partial charge < -0.3 is 34.7 Å². The van der Waals surface area contributed by atoms with Crippen LogP contribution in [-0.4, -0.2) is 110 Å². The number of fused-ring (bicyclic) bond motifs is 2. The molecule has 0 bridgehead atoms. The van der Waals surface area contributed by atoms with Crippen molar-refractivity contribution in [3.63, 3.8) is 0 Å². The van der Waals surface area contributed by atoms with E-state index in [0.717, 1.165) is 11.3 Å². The third kappa shape index (κ3) is 9.36. The average Bonchev–Trinajstić information content (AvgIpc) is 3.36.